The molecule has 1 N–H and O–H groups in total. The zero-order valence-corrected chi connectivity index (χ0v) is 27.4. The van der Waals surface area contributed by atoms with Gasteiger partial charge in [-0.2, -0.15) is 0 Å². The summed E-state index contributed by atoms with van der Waals surface area (Å²) >= 11 is 0. The standard InChI is InChI=1S/C40H56O/c1-31(2)17-13-20-35(7)23-15-25-36(8)24-14-21-33(5)18-11-12-19-34(6)22-16-26-37(9)27-28-39-38(32(3)4)29-30-40(39,10)41/h11-12,14-19,21-28,38-39,41H,3,13,20,29-30H2,1-2,4-10H3/b12-11+,21-14+,22-16+,25-15+,28-27+,33-18+,34-19+,35-23+,36-24+,37-26+. The van der Waals surface area contributed by atoms with Crippen LogP contribution in [0.25, 0.3) is 0 Å². The molecule has 1 nitrogen and oxygen atoms in total. The van der Waals surface area contributed by atoms with Crippen LogP contribution < -0.4 is 0 Å². The van der Waals surface area contributed by atoms with Gasteiger partial charge in [0.15, 0.2) is 0 Å². The summed E-state index contributed by atoms with van der Waals surface area (Å²) in [7, 11) is 0. The van der Waals surface area contributed by atoms with E-state index in [4.69, 9.17) is 0 Å². The summed E-state index contributed by atoms with van der Waals surface area (Å²) in [5.41, 5.74) is 8.07. The molecule has 0 aromatic carbocycles. The molecule has 1 aliphatic carbocycles. The Kier molecular flexibility index (Phi) is 16.7. The smallest absolute Gasteiger partial charge is 0.0688 e. The summed E-state index contributed by atoms with van der Waals surface area (Å²) in [5.74, 6) is 0.485. The molecule has 222 valence electrons. The van der Waals surface area contributed by atoms with Crippen LogP contribution in [0.5, 0.6) is 0 Å². The van der Waals surface area contributed by atoms with Crippen molar-refractivity contribution < 1.29 is 5.11 Å². The first-order valence-electron chi connectivity index (χ1n) is 15.1. The largest absolute Gasteiger partial charge is 0.390 e. The van der Waals surface area contributed by atoms with Crippen LogP contribution in [0.1, 0.15) is 88.0 Å². The Balaban J connectivity index is 2.59. The maximum Gasteiger partial charge on any atom is 0.0688 e. The van der Waals surface area contributed by atoms with E-state index in [2.05, 4.69) is 159 Å². The van der Waals surface area contributed by atoms with Gasteiger partial charge in [-0.3, -0.25) is 0 Å². The van der Waals surface area contributed by atoms with Crippen LogP contribution in [0.15, 0.2) is 143 Å². The Labute approximate surface area is 252 Å². The van der Waals surface area contributed by atoms with E-state index in [1.807, 2.05) is 6.92 Å². The van der Waals surface area contributed by atoms with Gasteiger partial charge in [-0.1, -0.05) is 143 Å². The average molecular weight is 553 g/mol. The lowest BCUT2D eigenvalue weighted by Gasteiger charge is -2.27. The van der Waals surface area contributed by atoms with Crippen molar-refractivity contribution in [2.75, 3.05) is 0 Å². The second-order valence-electron chi connectivity index (χ2n) is 12.2. The summed E-state index contributed by atoms with van der Waals surface area (Å²) in [6, 6.07) is 0. The molecule has 0 aromatic rings. The third kappa shape index (κ3) is 16.0. The third-order valence-electron chi connectivity index (χ3n) is 7.41. The summed E-state index contributed by atoms with van der Waals surface area (Å²) in [4.78, 5) is 0. The first kappa shape index (κ1) is 35.9. The van der Waals surface area contributed by atoms with Crippen LogP contribution in [0.4, 0.5) is 0 Å². The summed E-state index contributed by atoms with van der Waals surface area (Å²) < 4.78 is 0. The van der Waals surface area contributed by atoms with E-state index in [-0.39, 0.29) is 5.92 Å². The Morgan fingerprint density at radius 2 is 1.17 bits per heavy atom. The van der Waals surface area contributed by atoms with E-state index in [0.717, 1.165) is 31.3 Å². The fourth-order valence-electron chi connectivity index (χ4n) is 4.75. The fraction of sp³-hybridized carbons (Fsp3) is 0.400. The second kappa shape index (κ2) is 19.1. The molecule has 0 amide bonds. The van der Waals surface area contributed by atoms with Crippen molar-refractivity contribution in [1.82, 2.24) is 0 Å². The monoisotopic (exact) mass is 552 g/mol. The van der Waals surface area contributed by atoms with Crippen LogP contribution in [0, 0.1) is 11.8 Å². The van der Waals surface area contributed by atoms with Crippen molar-refractivity contribution in [3.8, 4) is 0 Å². The summed E-state index contributed by atoms with van der Waals surface area (Å²) in [6.45, 7) is 23.1. The molecule has 0 spiro atoms. The quantitative estimate of drug-likeness (QED) is 0.168. The Morgan fingerprint density at radius 3 is 1.66 bits per heavy atom. The number of aliphatic hydroxyl groups is 1. The molecule has 41 heavy (non-hydrogen) atoms. The fourth-order valence-corrected chi connectivity index (χ4v) is 4.75. The highest BCUT2D eigenvalue weighted by atomic mass is 16.3. The first-order valence-corrected chi connectivity index (χ1v) is 15.1. The third-order valence-corrected chi connectivity index (χ3v) is 7.41. The van der Waals surface area contributed by atoms with E-state index in [1.54, 1.807) is 0 Å². The molecule has 0 saturated heterocycles. The van der Waals surface area contributed by atoms with E-state index >= 15 is 0 Å². The van der Waals surface area contributed by atoms with Crippen LogP contribution >= 0.6 is 0 Å². The van der Waals surface area contributed by atoms with Gasteiger partial charge in [-0.05, 0) is 93.9 Å². The normalized spacial score (nSPS) is 23.8. The van der Waals surface area contributed by atoms with E-state index in [1.165, 1.54) is 33.4 Å². The molecular weight excluding hydrogens is 496 g/mol. The Morgan fingerprint density at radius 1 is 0.707 bits per heavy atom. The highest BCUT2D eigenvalue weighted by Crippen LogP contribution is 2.44. The molecule has 0 bridgehead atoms. The van der Waals surface area contributed by atoms with Crippen molar-refractivity contribution in [1.29, 1.82) is 0 Å². The van der Waals surface area contributed by atoms with Crippen molar-refractivity contribution in [2.24, 2.45) is 11.8 Å². The molecule has 0 radical (unpaired) electrons. The van der Waals surface area contributed by atoms with Crippen LogP contribution in [0.2, 0.25) is 0 Å². The predicted molar refractivity (Wildman–Crippen MR) is 185 cm³/mol. The number of hydrogen-bond donors (Lipinski definition) is 1. The van der Waals surface area contributed by atoms with Crippen LogP contribution in [-0.4, -0.2) is 10.7 Å². The highest BCUT2D eigenvalue weighted by molar-refractivity contribution is 5.32. The Hall–Kier alpha value is -3.16. The van der Waals surface area contributed by atoms with Gasteiger partial charge in [0.2, 0.25) is 0 Å². The van der Waals surface area contributed by atoms with Gasteiger partial charge < -0.3 is 5.11 Å². The maximum atomic E-state index is 10.8. The van der Waals surface area contributed by atoms with E-state index < -0.39 is 5.60 Å². The van der Waals surface area contributed by atoms with Crippen molar-refractivity contribution in [2.45, 2.75) is 93.6 Å². The van der Waals surface area contributed by atoms with Gasteiger partial charge in [0.05, 0.1) is 5.60 Å². The lowest BCUT2D eigenvalue weighted by atomic mass is 9.83. The maximum absolute atomic E-state index is 10.8. The molecule has 1 rings (SSSR count). The zero-order chi connectivity index (χ0) is 30.8. The molecule has 0 aromatic heterocycles. The minimum absolute atomic E-state index is 0.127. The molecule has 1 heteroatoms. The number of rotatable bonds is 14. The average Bonchev–Trinajstić information content (AvgIpc) is 3.19. The molecule has 0 heterocycles. The van der Waals surface area contributed by atoms with E-state index in [9.17, 15) is 5.11 Å². The van der Waals surface area contributed by atoms with Gasteiger partial charge in [0.25, 0.3) is 0 Å². The molecule has 1 saturated carbocycles. The molecular formula is C40H56O. The predicted octanol–water partition coefficient (Wildman–Crippen LogP) is 11.6. The van der Waals surface area contributed by atoms with Crippen LogP contribution in [-0.2, 0) is 0 Å². The van der Waals surface area contributed by atoms with Crippen molar-refractivity contribution in [3.63, 3.8) is 0 Å². The van der Waals surface area contributed by atoms with Gasteiger partial charge in [-0.25, -0.2) is 0 Å². The molecule has 0 aliphatic heterocycles. The summed E-state index contributed by atoms with van der Waals surface area (Å²) in [5, 5.41) is 10.8. The molecule has 3 unspecified atom stereocenters. The first-order chi connectivity index (χ1) is 19.3. The highest BCUT2D eigenvalue weighted by Gasteiger charge is 2.42. The van der Waals surface area contributed by atoms with E-state index in [0.29, 0.717) is 5.92 Å². The van der Waals surface area contributed by atoms with Crippen molar-refractivity contribution >= 4 is 0 Å². The SMILES string of the molecule is C=C(C)C1CCC(C)(O)C1/C=C/C(C)=C/C=C/C(C)=C/C=C/C=C(C)/C=C/C=C(C)/C=C/C=C(\C)CCC=C(C)C. The molecule has 3 atom stereocenters. The summed E-state index contributed by atoms with van der Waals surface area (Å²) in [6.07, 6.45) is 38.2. The second-order valence-corrected chi connectivity index (χ2v) is 12.2. The van der Waals surface area contributed by atoms with Crippen molar-refractivity contribution in [3.05, 3.63) is 143 Å². The lowest BCUT2D eigenvalue weighted by Crippen LogP contribution is -2.30. The minimum atomic E-state index is -0.653. The van der Waals surface area contributed by atoms with Gasteiger partial charge in [0, 0.05) is 5.92 Å². The van der Waals surface area contributed by atoms with Gasteiger partial charge in [0.1, 0.15) is 0 Å². The van der Waals surface area contributed by atoms with Gasteiger partial charge in [-0.15, -0.1) is 0 Å². The molecule has 1 fully saturated rings. The zero-order valence-electron chi connectivity index (χ0n) is 27.4. The number of allylic oxidation sites excluding steroid dienone is 22. The minimum Gasteiger partial charge on any atom is -0.390 e. The topological polar surface area (TPSA) is 20.2 Å². The lowest BCUT2D eigenvalue weighted by molar-refractivity contribution is 0.0331. The number of hydrogen-bond acceptors (Lipinski definition) is 1. The van der Waals surface area contributed by atoms with Gasteiger partial charge >= 0.3 is 0 Å². The Bertz CT molecular complexity index is 1190. The molecule has 1 aliphatic rings. The van der Waals surface area contributed by atoms with Crippen LogP contribution in [0.3, 0.4) is 0 Å².